The number of hydrogen-bond donors (Lipinski definition) is 0. The maximum absolute atomic E-state index is 2.85. The summed E-state index contributed by atoms with van der Waals surface area (Å²) in [5.41, 5.74) is 0. The number of thioether (sulfide) groups is 1. The smallest absolute Gasteiger partial charge is 0.00723 e. The first-order valence-corrected chi connectivity index (χ1v) is 38.8. The highest BCUT2D eigenvalue weighted by atomic mass is 32.2. The zero-order chi connectivity index (χ0) is 55.0. The molecular formula is C75H146N2S. The molecule has 0 aromatic heterocycles. The lowest BCUT2D eigenvalue weighted by Gasteiger charge is -2.33. The molecule has 0 amide bonds. The molecule has 0 aromatic rings. The van der Waals surface area contributed by atoms with Crippen LogP contribution in [0.5, 0.6) is 0 Å². The van der Waals surface area contributed by atoms with Crippen molar-refractivity contribution in [3.63, 3.8) is 0 Å². The molecule has 0 N–H and O–H groups in total. The Morgan fingerprint density at radius 2 is 0.564 bits per heavy atom. The van der Waals surface area contributed by atoms with E-state index in [1.165, 1.54) is 365 Å². The lowest BCUT2D eigenvalue weighted by molar-refractivity contribution is 0.172. The molecule has 2 aliphatic heterocycles. The first-order chi connectivity index (χ1) is 38.6. The second-order valence-corrected chi connectivity index (χ2v) is 29.8. The van der Waals surface area contributed by atoms with Crippen LogP contribution in [0.25, 0.3) is 0 Å². The molecule has 78 heavy (non-hydrogen) atoms. The van der Waals surface area contributed by atoms with E-state index in [0.717, 1.165) is 47.3 Å². The van der Waals surface area contributed by atoms with E-state index in [0.29, 0.717) is 0 Å². The lowest BCUT2D eigenvalue weighted by atomic mass is 9.84. The van der Waals surface area contributed by atoms with E-state index in [9.17, 15) is 0 Å². The van der Waals surface area contributed by atoms with Crippen molar-refractivity contribution in [1.82, 2.24) is 9.80 Å². The van der Waals surface area contributed by atoms with Gasteiger partial charge in [0.1, 0.15) is 0 Å². The molecule has 2 aliphatic carbocycles. The van der Waals surface area contributed by atoms with Crippen LogP contribution in [0, 0.1) is 47.3 Å². The molecule has 2 heterocycles. The van der Waals surface area contributed by atoms with E-state index >= 15 is 0 Å². The number of hydrogen-bond acceptors (Lipinski definition) is 3. The predicted molar refractivity (Wildman–Crippen MR) is 355 cm³/mol. The predicted octanol–water partition coefficient (Wildman–Crippen LogP) is 24.8. The van der Waals surface area contributed by atoms with Crippen molar-refractivity contribution in [1.29, 1.82) is 0 Å². The molecule has 2 saturated carbocycles. The minimum absolute atomic E-state index is 1.01. The number of nitrogens with zero attached hydrogens (tertiary/aromatic N) is 2. The SMILES string of the molecule is CCCCCCCCCC(CCCCCCCC1CC1CCCCCCCC)CCC1CCN(CCCSCCN2CCC(CCC(CCCCCCCCC)CCCCCCCC3CC3CCCCCCCC)CC2)CC1. The van der Waals surface area contributed by atoms with Crippen molar-refractivity contribution in [3.05, 3.63) is 0 Å². The van der Waals surface area contributed by atoms with Gasteiger partial charge in [0.05, 0.1) is 0 Å². The van der Waals surface area contributed by atoms with Gasteiger partial charge in [-0.25, -0.2) is 0 Å². The van der Waals surface area contributed by atoms with Crippen molar-refractivity contribution >= 4 is 11.8 Å². The number of rotatable bonds is 59. The first-order valence-electron chi connectivity index (χ1n) is 37.6. The maximum Gasteiger partial charge on any atom is 0.00723 e. The van der Waals surface area contributed by atoms with Gasteiger partial charge in [0.25, 0.3) is 0 Å². The van der Waals surface area contributed by atoms with E-state index in [4.69, 9.17) is 0 Å². The van der Waals surface area contributed by atoms with E-state index in [1.807, 2.05) is 0 Å². The average molecular weight is 1110 g/mol. The van der Waals surface area contributed by atoms with Crippen molar-refractivity contribution in [2.24, 2.45) is 47.3 Å². The molecule has 2 saturated heterocycles. The zero-order valence-corrected chi connectivity index (χ0v) is 55.3. The van der Waals surface area contributed by atoms with Crippen molar-refractivity contribution in [2.75, 3.05) is 50.8 Å². The summed E-state index contributed by atoms with van der Waals surface area (Å²) in [4.78, 5) is 5.68. The third kappa shape index (κ3) is 39.0. The van der Waals surface area contributed by atoms with Crippen LogP contribution < -0.4 is 0 Å². The molecule has 0 bridgehead atoms. The molecule has 0 aromatic carbocycles. The maximum atomic E-state index is 2.85. The Morgan fingerprint density at radius 3 is 0.885 bits per heavy atom. The van der Waals surface area contributed by atoms with E-state index in [-0.39, 0.29) is 0 Å². The number of likely N-dealkylation sites (tertiary alicyclic amines) is 2. The van der Waals surface area contributed by atoms with Gasteiger partial charge in [-0.1, -0.05) is 336 Å². The number of piperidine rings is 2. The zero-order valence-electron chi connectivity index (χ0n) is 54.5. The Morgan fingerprint density at radius 1 is 0.282 bits per heavy atom. The molecule has 0 radical (unpaired) electrons. The molecule has 3 heteroatoms. The van der Waals surface area contributed by atoms with Gasteiger partial charge in [-0.05, 0) is 131 Å². The van der Waals surface area contributed by atoms with Gasteiger partial charge < -0.3 is 9.80 Å². The molecule has 6 unspecified atom stereocenters. The monoisotopic (exact) mass is 1110 g/mol. The lowest BCUT2D eigenvalue weighted by Crippen LogP contribution is -2.35. The molecule has 4 rings (SSSR count). The van der Waals surface area contributed by atoms with Gasteiger partial charge >= 0.3 is 0 Å². The van der Waals surface area contributed by atoms with Gasteiger partial charge in [0, 0.05) is 12.3 Å². The summed E-state index contributed by atoms with van der Waals surface area (Å²) in [7, 11) is 0. The van der Waals surface area contributed by atoms with Crippen LogP contribution in [0.1, 0.15) is 381 Å². The van der Waals surface area contributed by atoms with Gasteiger partial charge in [-0.15, -0.1) is 0 Å². The van der Waals surface area contributed by atoms with Gasteiger partial charge in [0.15, 0.2) is 0 Å². The fourth-order valence-corrected chi connectivity index (χ4v) is 16.3. The largest absolute Gasteiger partial charge is 0.303 e. The Hall–Kier alpha value is 0.270. The van der Waals surface area contributed by atoms with Gasteiger partial charge in [-0.3, -0.25) is 0 Å². The average Bonchev–Trinajstić information content (AvgIpc) is 4.40. The van der Waals surface area contributed by atoms with E-state index in [2.05, 4.69) is 49.3 Å². The van der Waals surface area contributed by atoms with Crippen LogP contribution in [0.4, 0.5) is 0 Å². The van der Waals surface area contributed by atoms with Crippen molar-refractivity contribution in [3.8, 4) is 0 Å². The molecule has 6 atom stereocenters. The second-order valence-electron chi connectivity index (χ2n) is 28.6. The second kappa shape index (κ2) is 50.6. The van der Waals surface area contributed by atoms with Crippen molar-refractivity contribution < 1.29 is 0 Å². The molecular weight excluding hydrogens is 961 g/mol. The fraction of sp³-hybridized carbons (Fsp3) is 1.00. The van der Waals surface area contributed by atoms with Crippen LogP contribution in [0.2, 0.25) is 0 Å². The molecule has 4 fully saturated rings. The minimum Gasteiger partial charge on any atom is -0.303 e. The van der Waals surface area contributed by atoms with E-state index < -0.39 is 0 Å². The summed E-state index contributed by atoms with van der Waals surface area (Å²) in [6, 6.07) is 0. The van der Waals surface area contributed by atoms with E-state index in [1.54, 1.807) is 38.5 Å². The molecule has 0 spiro atoms. The minimum atomic E-state index is 1.01. The normalized spacial score (nSPS) is 21.2. The van der Waals surface area contributed by atoms with Gasteiger partial charge in [-0.2, -0.15) is 11.8 Å². The summed E-state index contributed by atoms with van der Waals surface area (Å²) in [5, 5.41) is 0. The Labute approximate surface area is 497 Å². The summed E-state index contributed by atoms with van der Waals surface area (Å²) >= 11 is 2.26. The number of unbranched alkanes of at least 4 members (excludes halogenated alkanes) is 30. The topological polar surface area (TPSA) is 6.48 Å². The summed E-state index contributed by atoms with van der Waals surface area (Å²) in [5.74, 6) is 11.2. The summed E-state index contributed by atoms with van der Waals surface area (Å²) in [6.07, 6.45) is 82.2. The molecule has 462 valence electrons. The third-order valence-electron chi connectivity index (χ3n) is 21.5. The fourth-order valence-electron chi connectivity index (χ4n) is 15.4. The molecule has 4 aliphatic rings. The van der Waals surface area contributed by atoms with Crippen molar-refractivity contribution in [2.45, 2.75) is 381 Å². The van der Waals surface area contributed by atoms with Gasteiger partial charge in [0.2, 0.25) is 0 Å². The third-order valence-corrected chi connectivity index (χ3v) is 22.5. The summed E-state index contributed by atoms with van der Waals surface area (Å²) in [6.45, 7) is 17.6. The van der Waals surface area contributed by atoms with Crippen LogP contribution in [0.3, 0.4) is 0 Å². The Kier molecular flexibility index (Phi) is 45.9. The Bertz CT molecular complexity index is 1140. The van der Waals surface area contributed by atoms with Crippen LogP contribution in [-0.2, 0) is 0 Å². The summed E-state index contributed by atoms with van der Waals surface area (Å²) < 4.78 is 0. The highest BCUT2D eigenvalue weighted by Crippen LogP contribution is 2.47. The van der Waals surface area contributed by atoms with Crippen LogP contribution in [-0.4, -0.2) is 60.6 Å². The molecule has 2 nitrogen and oxygen atoms in total. The standard InChI is InChI=1S/C75H146N2S/c1-5-9-13-17-21-25-33-42-68(44-35-27-23-31-39-48-74-66-72(74)46-37-29-19-15-11-7-3)50-52-70-54-59-76(60-55-70)58-41-64-78-65-63-77-61-56-71(57-62-77)53-51-69(43-34-26-22-18-14-10-6-2)45-36-28-24-32-40-49-75-67-73(75)47-38-30-20-16-12-8-4/h68-75H,5-67H2,1-4H3. The quantitative estimate of drug-likeness (QED) is 0.0561. The highest BCUT2D eigenvalue weighted by molar-refractivity contribution is 7.99. The van der Waals surface area contributed by atoms with Crippen LogP contribution >= 0.6 is 11.8 Å². The van der Waals surface area contributed by atoms with Crippen LogP contribution in [0.15, 0.2) is 0 Å². The Balaban J connectivity index is 0.975. The first kappa shape index (κ1) is 70.8. The highest BCUT2D eigenvalue weighted by Gasteiger charge is 2.36.